The summed E-state index contributed by atoms with van der Waals surface area (Å²) in [6, 6.07) is 9.92. The highest BCUT2D eigenvalue weighted by molar-refractivity contribution is 9.09. The summed E-state index contributed by atoms with van der Waals surface area (Å²) in [4.78, 5) is 11.9. The minimum absolute atomic E-state index is 0.0859. The fourth-order valence-electron chi connectivity index (χ4n) is 1.57. The van der Waals surface area contributed by atoms with Crippen LogP contribution in [-0.4, -0.2) is 17.6 Å². The first-order valence-electron chi connectivity index (χ1n) is 5.57. The molecule has 1 aromatic heterocycles. The van der Waals surface area contributed by atoms with E-state index in [1.165, 1.54) is 6.20 Å². The number of amides is 1. The van der Waals surface area contributed by atoms with Gasteiger partial charge in [0, 0.05) is 6.54 Å². The number of hydrogen-bond donors (Lipinski definition) is 1. The van der Waals surface area contributed by atoms with Crippen molar-refractivity contribution in [2.75, 3.05) is 6.54 Å². The van der Waals surface area contributed by atoms with Gasteiger partial charge >= 0.3 is 0 Å². The molecule has 0 saturated carbocycles. The van der Waals surface area contributed by atoms with E-state index in [-0.39, 0.29) is 10.7 Å². The average Bonchev–Trinajstić information content (AvgIpc) is 2.83. The number of aromatic nitrogens is 1. The van der Waals surface area contributed by atoms with Crippen LogP contribution in [0.4, 0.5) is 0 Å². The molecule has 0 spiro atoms. The number of rotatable bonds is 4. The zero-order valence-electron chi connectivity index (χ0n) is 9.89. The molecule has 18 heavy (non-hydrogen) atoms. The second-order valence-electron chi connectivity index (χ2n) is 3.88. The molecule has 0 fully saturated rings. The van der Waals surface area contributed by atoms with Crippen molar-refractivity contribution in [2.24, 2.45) is 0 Å². The lowest BCUT2D eigenvalue weighted by atomic mass is 10.1. The second kappa shape index (κ2) is 5.82. The highest BCUT2D eigenvalue weighted by Gasteiger charge is 2.14. The van der Waals surface area contributed by atoms with Crippen molar-refractivity contribution in [3.8, 4) is 0 Å². The van der Waals surface area contributed by atoms with Crippen molar-refractivity contribution in [3.05, 3.63) is 53.4 Å². The molecule has 0 radical (unpaired) electrons. The minimum Gasteiger partial charge on any atom is -0.361 e. The predicted molar refractivity (Wildman–Crippen MR) is 71.7 cm³/mol. The molecule has 0 saturated heterocycles. The van der Waals surface area contributed by atoms with Crippen molar-refractivity contribution >= 4 is 21.8 Å². The van der Waals surface area contributed by atoms with Gasteiger partial charge in [0.05, 0.1) is 11.0 Å². The summed E-state index contributed by atoms with van der Waals surface area (Å²) < 4.78 is 4.85. The normalized spacial score (nSPS) is 12.1. The van der Waals surface area contributed by atoms with Crippen LogP contribution >= 0.6 is 15.9 Å². The number of alkyl halides is 1. The highest BCUT2D eigenvalue weighted by Crippen LogP contribution is 2.21. The fraction of sp³-hybridized carbons (Fsp3) is 0.231. The molecule has 1 unspecified atom stereocenters. The van der Waals surface area contributed by atoms with E-state index in [0.29, 0.717) is 17.9 Å². The van der Waals surface area contributed by atoms with Gasteiger partial charge in [-0.2, -0.15) is 0 Å². The van der Waals surface area contributed by atoms with E-state index in [1.54, 1.807) is 6.92 Å². The number of carbonyl (C=O) groups excluding carboxylic acids is 1. The number of nitrogens with one attached hydrogen (secondary N) is 1. The number of aryl methyl sites for hydroxylation is 1. The lowest BCUT2D eigenvalue weighted by molar-refractivity contribution is 0.0952. The molecule has 94 valence electrons. The van der Waals surface area contributed by atoms with E-state index in [2.05, 4.69) is 26.4 Å². The Hall–Kier alpha value is -1.62. The summed E-state index contributed by atoms with van der Waals surface area (Å²) in [6.07, 6.45) is 1.43. The third kappa shape index (κ3) is 2.98. The first kappa shape index (κ1) is 12.8. The summed E-state index contributed by atoms with van der Waals surface area (Å²) in [5, 5.41) is 6.42. The summed E-state index contributed by atoms with van der Waals surface area (Å²) in [6.45, 7) is 2.22. The second-order valence-corrected chi connectivity index (χ2v) is 4.99. The lowest BCUT2D eigenvalue weighted by Crippen LogP contribution is -2.26. The average molecular weight is 309 g/mol. The summed E-state index contributed by atoms with van der Waals surface area (Å²) in [7, 11) is 0. The Labute approximate surface area is 113 Å². The van der Waals surface area contributed by atoms with E-state index in [4.69, 9.17) is 4.52 Å². The maximum absolute atomic E-state index is 11.8. The molecule has 4 nitrogen and oxygen atoms in total. The number of carbonyl (C=O) groups is 1. The summed E-state index contributed by atoms with van der Waals surface area (Å²) >= 11 is 3.54. The van der Waals surface area contributed by atoms with Crippen molar-refractivity contribution < 1.29 is 9.32 Å². The van der Waals surface area contributed by atoms with Gasteiger partial charge in [0.25, 0.3) is 5.91 Å². The van der Waals surface area contributed by atoms with Gasteiger partial charge in [-0.3, -0.25) is 4.79 Å². The zero-order chi connectivity index (χ0) is 13.0. The number of halogens is 1. The minimum atomic E-state index is -0.172. The van der Waals surface area contributed by atoms with Crippen LogP contribution in [0.1, 0.15) is 26.5 Å². The molecule has 1 aromatic carbocycles. The first-order valence-corrected chi connectivity index (χ1v) is 6.48. The molecule has 1 atom stereocenters. The van der Waals surface area contributed by atoms with Gasteiger partial charge in [0.15, 0.2) is 0 Å². The molecular formula is C13H13BrN2O2. The van der Waals surface area contributed by atoms with Crippen LogP contribution in [0.25, 0.3) is 0 Å². The third-order valence-corrected chi connectivity index (χ3v) is 3.45. The molecule has 1 amide bonds. The van der Waals surface area contributed by atoms with Crippen molar-refractivity contribution in [3.63, 3.8) is 0 Å². The predicted octanol–water partition coefficient (Wildman–Crippen LogP) is 2.85. The Balaban J connectivity index is 1.93. The standard InChI is InChI=1S/C13H13BrN2O2/c1-9-11(7-16-18-9)13(17)15-8-12(14)10-5-3-2-4-6-10/h2-7,12H,8H2,1H3,(H,15,17). The molecule has 2 aromatic rings. The number of benzene rings is 1. The van der Waals surface area contributed by atoms with Crippen molar-refractivity contribution in [2.45, 2.75) is 11.8 Å². The number of nitrogens with zero attached hydrogens (tertiary/aromatic N) is 1. The van der Waals surface area contributed by atoms with Gasteiger partial charge in [-0.1, -0.05) is 51.4 Å². The van der Waals surface area contributed by atoms with Crippen molar-refractivity contribution in [1.29, 1.82) is 0 Å². The molecule has 5 heteroatoms. The fourth-order valence-corrected chi connectivity index (χ4v) is 2.04. The SMILES string of the molecule is Cc1oncc1C(=O)NCC(Br)c1ccccc1. The van der Waals surface area contributed by atoms with Gasteiger partial charge < -0.3 is 9.84 Å². The quantitative estimate of drug-likeness (QED) is 0.884. The van der Waals surface area contributed by atoms with Crippen LogP contribution in [0.15, 0.2) is 41.1 Å². The monoisotopic (exact) mass is 308 g/mol. The van der Waals surface area contributed by atoms with Crippen LogP contribution in [0.3, 0.4) is 0 Å². The van der Waals surface area contributed by atoms with E-state index >= 15 is 0 Å². The smallest absolute Gasteiger partial charge is 0.256 e. The molecule has 0 aliphatic heterocycles. The van der Waals surface area contributed by atoms with E-state index in [9.17, 15) is 4.79 Å². The Morgan fingerprint density at radius 1 is 1.44 bits per heavy atom. The molecule has 0 aliphatic rings. The van der Waals surface area contributed by atoms with E-state index < -0.39 is 0 Å². The Bertz CT molecular complexity index is 525. The molecule has 1 N–H and O–H groups in total. The highest BCUT2D eigenvalue weighted by atomic mass is 79.9. The van der Waals surface area contributed by atoms with E-state index in [1.807, 2.05) is 30.3 Å². The summed E-state index contributed by atoms with van der Waals surface area (Å²) in [5.41, 5.74) is 1.60. The molecule has 1 heterocycles. The molecule has 2 rings (SSSR count). The molecule has 0 bridgehead atoms. The van der Waals surface area contributed by atoms with Crippen molar-refractivity contribution in [1.82, 2.24) is 10.5 Å². The largest absolute Gasteiger partial charge is 0.361 e. The Morgan fingerprint density at radius 3 is 2.78 bits per heavy atom. The van der Waals surface area contributed by atoms with Gasteiger partial charge in [-0.15, -0.1) is 0 Å². The topological polar surface area (TPSA) is 55.1 Å². The number of hydrogen-bond acceptors (Lipinski definition) is 3. The Morgan fingerprint density at radius 2 is 2.17 bits per heavy atom. The van der Waals surface area contributed by atoms with Gasteiger partial charge in [0.1, 0.15) is 11.3 Å². The van der Waals surface area contributed by atoms with Crippen LogP contribution < -0.4 is 5.32 Å². The Kier molecular flexibility index (Phi) is 4.15. The van der Waals surface area contributed by atoms with Crippen LogP contribution in [0.2, 0.25) is 0 Å². The van der Waals surface area contributed by atoms with Gasteiger partial charge in [-0.05, 0) is 12.5 Å². The molecular weight excluding hydrogens is 296 g/mol. The van der Waals surface area contributed by atoms with Crippen LogP contribution in [0.5, 0.6) is 0 Å². The van der Waals surface area contributed by atoms with Crippen LogP contribution in [-0.2, 0) is 0 Å². The van der Waals surface area contributed by atoms with Gasteiger partial charge in [0.2, 0.25) is 0 Å². The summed E-state index contributed by atoms with van der Waals surface area (Å²) in [5.74, 6) is 0.354. The first-order chi connectivity index (χ1) is 8.68. The third-order valence-electron chi connectivity index (χ3n) is 2.60. The lowest BCUT2D eigenvalue weighted by Gasteiger charge is -2.10. The van der Waals surface area contributed by atoms with Crippen LogP contribution in [0, 0.1) is 6.92 Å². The maximum atomic E-state index is 11.8. The van der Waals surface area contributed by atoms with E-state index in [0.717, 1.165) is 5.56 Å². The zero-order valence-corrected chi connectivity index (χ0v) is 11.5. The van der Waals surface area contributed by atoms with Gasteiger partial charge in [-0.25, -0.2) is 0 Å². The maximum Gasteiger partial charge on any atom is 0.256 e. The molecule has 0 aliphatic carbocycles.